The lowest BCUT2D eigenvalue weighted by Gasteiger charge is -2.07. The number of carbonyl (C=O) groups excluding carboxylic acids is 2. The van der Waals surface area contributed by atoms with Crippen molar-refractivity contribution >= 4 is 40.2 Å². The minimum atomic E-state index is -0.0226. The van der Waals surface area contributed by atoms with Crippen molar-refractivity contribution in [2.45, 2.75) is 25.5 Å². The van der Waals surface area contributed by atoms with Crippen LogP contribution in [0.2, 0.25) is 0 Å². The molecule has 0 saturated heterocycles. The lowest BCUT2D eigenvalue weighted by molar-refractivity contribution is -0.116. The zero-order chi connectivity index (χ0) is 18.5. The Hall–Kier alpha value is -2.60. The molecule has 0 aliphatic carbocycles. The maximum Gasteiger partial charge on any atom is 0.257 e. The van der Waals surface area contributed by atoms with Crippen molar-refractivity contribution in [2.75, 3.05) is 11.1 Å². The highest BCUT2D eigenvalue weighted by molar-refractivity contribution is 7.99. The van der Waals surface area contributed by atoms with Crippen LogP contribution in [0, 0.1) is 5.92 Å². The quantitative estimate of drug-likeness (QED) is 0.480. The van der Waals surface area contributed by atoms with E-state index in [0.29, 0.717) is 34.4 Å². The lowest BCUT2D eigenvalue weighted by Crippen LogP contribution is -2.14. The molecule has 5 nitrogen and oxygen atoms in total. The summed E-state index contributed by atoms with van der Waals surface area (Å²) in [6.07, 6.45) is 0.474. The van der Waals surface area contributed by atoms with E-state index in [1.54, 1.807) is 24.3 Å². The molecule has 0 saturated carbocycles. The van der Waals surface area contributed by atoms with Crippen LogP contribution in [0.4, 0.5) is 5.69 Å². The van der Waals surface area contributed by atoms with Crippen LogP contribution in [0.25, 0.3) is 11.1 Å². The van der Waals surface area contributed by atoms with Gasteiger partial charge in [0.25, 0.3) is 5.22 Å². The van der Waals surface area contributed by atoms with Gasteiger partial charge in [-0.1, -0.05) is 37.7 Å². The first-order valence-electron chi connectivity index (χ1n) is 8.43. The number of rotatable bonds is 7. The van der Waals surface area contributed by atoms with Gasteiger partial charge in [-0.2, -0.15) is 0 Å². The maximum atomic E-state index is 12.3. The molecular weight excluding hydrogens is 348 g/mol. The van der Waals surface area contributed by atoms with Crippen LogP contribution in [-0.2, 0) is 4.79 Å². The fraction of sp³-hybridized carbons (Fsp3) is 0.250. The van der Waals surface area contributed by atoms with Gasteiger partial charge in [0.15, 0.2) is 11.4 Å². The zero-order valence-corrected chi connectivity index (χ0v) is 15.5. The molecule has 1 amide bonds. The Kier molecular flexibility index (Phi) is 5.73. The monoisotopic (exact) mass is 368 g/mol. The molecule has 1 heterocycles. The predicted octanol–water partition coefficient (Wildman–Crippen LogP) is 4.79. The second-order valence-electron chi connectivity index (χ2n) is 6.38. The van der Waals surface area contributed by atoms with Crippen molar-refractivity contribution in [1.82, 2.24) is 4.98 Å². The maximum absolute atomic E-state index is 12.3. The number of benzene rings is 2. The summed E-state index contributed by atoms with van der Waals surface area (Å²) < 4.78 is 5.60. The van der Waals surface area contributed by atoms with Gasteiger partial charge in [-0.15, -0.1) is 0 Å². The Bertz CT molecular complexity index is 883. The van der Waals surface area contributed by atoms with Crippen molar-refractivity contribution in [1.29, 1.82) is 0 Å². The van der Waals surface area contributed by atoms with Gasteiger partial charge >= 0.3 is 0 Å². The van der Waals surface area contributed by atoms with Gasteiger partial charge in [0.2, 0.25) is 5.91 Å². The molecular formula is C20H20N2O3S. The van der Waals surface area contributed by atoms with Crippen LogP contribution < -0.4 is 5.32 Å². The van der Waals surface area contributed by atoms with Crippen molar-refractivity contribution < 1.29 is 14.0 Å². The number of fused-ring (bicyclic) bond motifs is 1. The molecule has 0 fully saturated rings. The van der Waals surface area contributed by atoms with E-state index in [0.717, 1.165) is 5.52 Å². The Morgan fingerprint density at radius 2 is 1.85 bits per heavy atom. The molecule has 1 N–H and O–H groups in total. The summed E-state index contributed by atoms with van der Waals surface area (Å²) in [5, 5.41) is 3.32. The number of aromatic nitrogens is 1. The second kappa shape index (κ2) is 8.19. The molecule has 134 valence electrons. The molecule has 0 aliphatic rings. The number of hydrogen-bond acceptors (Lipinski definition) is 5. The van der Waals surface area contributed by atoms with E-state index < -0.39 is 0 Å². The number of nitrogens with zero attached hydrogens (tertiary/aromatic N) is 1. The third kappa shape index (κ3) is 4.73. The standard InChI is InChI=1S/C20H20N2O3S/c1-13(2)11-19(24)21-15-9-7-14(8-10-15)17(23)12-26-20-22-16-5-3-4-6-18(16)25-20/h3-10,13H,11-12H2,1-2H3,(H,21,24). The fourth-order valence-corrected chi connectivity index (χ4v) is 3.18. The van der Waals surface area contributed by atoms with Crippen LogP contribution in [0.3, 0.4) is 0 Å². The third-order valence-electron chi connectivity index (χ3n) is 3.69. The molecule has 26 heavy (non-hydrogen) atoms. The number of hydrogen-bond donors (Lipinski definition) is 1. The average molecular weight is 368 g/mol. The van der Waals surface area contributed by atoms with Crippen LogP contribution in [0.1, 0.15) is 30.6 Å². The molecule has 1 aromatic heterocycles. The van der Waals surface area contributed by atoms with Gasteiger partial charge in [-0.3, -0.25) is 9.59 Å². The van der Waals surface area contributed by atoms with E-state index in [4.69, 9.17) is 4.42 Å². The zero-order valence-electron chi connectivity index (χ0n) is 14.7. The normalized spacial score (nSPS) is 11.0. The van der Waals surface area contributed by atoms with E-state index in [-0.39, 0.29) is 17.4 Å². The highest BCUT2D eigenvalue weighted by atomic mass is 32.2. The number of carbonyl (C=O) groups is 2. The Morgan fingerprint density at radius 3 is 2.54 bits per heavy atom. The number of thioether (sulfide) groups is 1. The van der Waals surface area contributed by atoms with Gasteiger partial charge < -0.3 is 9.73 Å². The summed E-state index contributed by atoms with van der Waals surface area (Å²) in [6.45, 7) is 3.99. The third-order valence-corrected chi connectivity index (χ3v) is 4.51. The number of oxazole rings is 1. The number of anilines is 1. The Morgan fingerprint density at radius 1 is 1.12 bits per heavy atom. The van der Waals surface area contributed by atoms with E-state index in [9.17, 15) is 9.59 Å². The molecule has 6 heteroatoms. The summed E-state index contributed by atoms with van der Waals surface area (Å²) in [4.78, 5) is 28.5. The molecule has 0 radical (unpaired) electrons. The minimum absolute atomic E-state index is 0.0164. The smallest absolute Gasteiger partial charge is 0.257 e. The Labute approximate surface area is 156 Å². The molecule has 0 aliphatic heterocycles. The SMILES string of the molecule is CC(C)CC(=O)Nc1ccc(C(=O)CSc2nc3ccccc3o2)cc1. The molecule has 0 spiro atoms. The van der Waals surface area contributed by atoms with Crippen molar-refractivity contribution in [2.24, 2.45) is 5.92 Å². The number of ketones is 1. The number of para-hydroxylation sites is 2. The first kappa shape index (κ1) is 18.2. The summed E-state index contributed by atoms with van der Waals surface area (Å²) in [5.74, 6) is 0.508. The molecule has 0 atom stereocenters. The highest BCUT2D eigenvalue weighted by Crippen LogP contribution is 2.24. The predicted molar refractivity (Wildman–Crippen MR) is 104 cm³/mol. The van der Waals surface area contributed by atoms with Gasteiger partial charge in [0.05, 0.1) is 5.75 Å². The largest absolute Gasteiger partial charge is 0.431 e. The highest BCUT2D eigenvalue weighted by Gasteiger charge is 2.11. The van der Waals surface area contributed by atoms with E-state index in [1.165, 1.54) is 11.8 Å². The topological polar surface area (TPSA) is 72.2 Å². The van der Waals surface area contributed by atoms with E-state index in [2.05, 4.69) is 10.3 Å². The lowest BCUT2D eigenvalue weighted by atomic mass is 10.1. The van der Waals surface area contributed by atoms with Crippen LogP contribution in [0.15, 0.2) is 58.2 Å². The summed E-state index contributed by atoms with van der Waals surface area (Å²) >= 11 is 1.27. The number of amides is 1. The van der Waals surface area contributed by atoms with Crippen molar-refractivity contribution in [3.8, 4) is 0 Å². The van der Waals surface area contributed by atoms with Crippen LogP contribution in [0.5, 0.6) is 0 Å². The first-order chi connectivity index (χ1) is 12.5. The van der Waals surface area contributed by atoms with Gasteiger partial charge in [0.1, 0.15) is 5.52 Å². The fourth-order valence-electron chi connectivity index (χ4n) is 2.45. The molecule has 2 aromatic carbocycles. The van der Waals surface area contributed by atoms with Gasteiger partial charge in [-0.05, 0) is 42.3 Å². The molecule has 0 bridgehead atoms. The summed E-state index contributed by atoms with van der Waals surface area (Å²) in [7, 11) is 0. The van der Waals surface area contributed by atoms with Gasteiger partial charge in [-0.25, -0.2) is 4.98 Å². The van der Waals surface area contributed by atoms with Crippen LogP contribution in [-0.4, -0.2) is 22.4 Å². The van der Waals surface area contributed by atoms with E-state index >= 15 is 0 Å². The minimum Gasteiger partial charge on any atom is -0.431 e. The van der Waals surface area contributed by atoms with Crippen molar-refractivity contribution in [3.05, 3.63) is 54.1 Å². The summed E-state index contributed by atoms with van der Waals surface area (Å²) in [6, 6.07) is 14.4. The summed E-state index contributed by atoms with van der Waals surface area (Å²) in [5.41, 5.74) is 2.78. The van der Waals surface area contributed by atoms with Crippen LogP contribution >= 0.6 is 11.8 Å². The molecule has 3 aromatic rings. The number of Topliss-reactive ketones (excluding diaryl/α,β-unsaturated/α-hetero) is 1. The molecule has 0 unspecified atom stereocenters. The van der Waals surface area contributed by atoms with Crippen molar-refractivity contribution in [3.63, 3.8) is 0 Å². The first-order valence-corrected chi connectivity index (χ1v) is 9.41. The Balaban J connectivity index is 1.56. The number of nitrogens with one attached hydrogen (secondary N) is 1. The molecule has 3 rings (SSSR count). The van der Waals surface area contributed by atoms with E-state index in [1.807, 2.05) is 38.1 Å². The average Bonchev–Trinajstić information content (AvgIpc) is 3.02. The van der Waals surface area contributed by atoms with Gasteiger partial charge in [0, 0.05) is 17.7 Å². The second-order valence-corrected chi connectivity index (χ2v) is 7.31.